The molecule has 0 radical (unpaired) electrons. The zero-order valence-corrected chi connectivity index (χ0v) is 18.1. The van der Waals surface area contributed by atoms with Gasteiger partial charge < -0.3 is 9.64 Å². The molecule has 0 spiro atoms. The van der Waals surface area contributed by atoms with E-state index in [1.807, 2.05) is 12.1 Å². The molecule has 1 aliphatic heterocycles. The second kappa shape index (κ2) is 9.36. The molecule has 2 aromatic rings. The Morgan fingerprint density at radius 1 is 1.17 bits per heavy atom. The SMILES string of the molecule is CN(CC1CC(Oc2cccc(CN3CCCC3)c2Cl)C1)C(=O)c1ccc(F)cc1. The number of amides is 1. The summed E-state index contributed by atoms with van der Waals surface area (Å²) in [6, 6.07) is 11.7. The maximum absolute atomic E-state index is 13.1. The number of carbonyl (C=O) groups excluding carboxylic acids is 1. The monoisotopic (exact) mass is 430 g/mol. The highest BCUT2D eigenvalue weighted by Crippen LogP contribution is 2.36. The Hall–Kier alpha value is -2.11. The molecule has 1 saturated carbocycles. The highest BCUT2D eigenvalue weighted by Gasteiger charge is 2.33. The first-order valence-electron chi connectivity index (χ1n) is 10.7. The highest BCUT2D eigenvalue weighted by atomic mass is 35.5. The van der Waals surface area contributed by atoms with E-state index in [1.165, 1.54) is 37.1 Å². The highest BCUT2D eigenvalue weighted by molar-refractivity contribution is 6.32. The molecule has 0 atom stereocenters. The summed E-state index contributed by atoms with van der Waals surface area (Å²) >= 11 is 6.62. The standard InChI is InChI=1S/C24H28ClFN2O2/c1-27(24(29)18-7-9-20(26)10-8-18)15-17-13-21(14-17)30-22-6-4-5-19(23(22)25)16-28-11-2-3-12-28/h4-10,17,21H,2-3,11-16H2,1H3. The van der Waals surface area contributed by atoms with Crippen molar-refractivity contribution in [1.29, 1.82) is 0 Å². The van der Waals surface area contributed by atoms with E-state index in [0.29, 0.717) is 18.0 Å². The minimum Gasteiger partial charge on any atom is -0.489 e. The number of rotatable bonds is 7. The first-order valence-corrected chi connectivity index (χ1v) is 11.0. The topological polar surface area (TPSA) is 32.8 Å². The number of carbonyl (C=O) groups is 1. The molecule has 4 rings (SSSR count). The third-order valence-electron chi connectivity index (χ3n) is 6.09. The predicted molar refractivity (Wildman–Crippen MR) is 116 cm³/mol. The van der Waals surface area contributed by atoms with Gasteiger partial charge in [-0.3, -0.25) is 9.69 Å². The second-order valence-electron chi connectivity index (χ2n) is 8.48. The van der Waals surface area contributed by atoms with E-state index in [2.05, 4.69) is 11.0 Å². The van der Waals surface area contributed by atoms with Gasteiger partial charge >= 0.3 is 0 Å². The summed E-state index contributed by atoms with van der Waals surface area (Å²) < 4.78 is 19.2. The Balaban J connectivity index is 1.26. The zero-order valence-electron chi connectivity index (χ0n) is 17.3. The van der Waals surface area contributed by atoms with Crippen LogP contribution in [0.25, 0.3) is 0 Å². The normalized spacial score (nSPS) is 21.3. The number of ether oxygens (including phenoxy) is 1. The quantitative estimate of drug-likeness (QED) is 0.619. The summed E-state index contributed by atoms with van der Waals surface area (Å²) in [6.45, 7) is 3.81. The molecule has 2 aliphatic rings. The van der Waals surface area contributed by atoms with Gasteiger partial charge in [-0.25, -0.2) is 4.39 Å². The Morgan fingerprint density at radius 3 is 2.57 bits per heavy atom. The van der Waals surface area contributed by atoms with Crippen LogP contribution in [0.2, 0.25) is 5.02 Å². The average molecular weight is 431 g/mol. The third kappa shape index (κ3) is 4.96. The van der Waals surface area contributed by atoms with Gasteiger partial charge in [-0.2, -0.15) is 0 Å². The first kappa shape index (κ1) is 21.1. The maximum atomic E-state index is 13.1. The average Bonchev–Trinajstić information content (AvgIpc) is 3.22. The van der Waals surface area contributed by atoms with E-state index in [9.17, 15) is 9.18 Å². The van der Waals surface area contributed by atoms with Crippen molar-refractivity contribution in [2.24, 2.45) is 5.92 Å². The lowest BCUT2D eigenvalue weighted by Crippen LogP contribution is -2.42. The molecule has 2 aromatic carbocycles. The van der Waals surface area contributed by atoms with Crippen LogP contribution in [0.3, 0.4) is 0 Å². The van der Waals surface area contributed by atoms with E-state index < -0.39 is 0 Å². The van der Waals surface area contributed by atoms with Gasteiger partial charge in [-0.15, -0.1) is 0 Å². The van der Waals surface area contributed by atoms with Gasteiger partial charge in [0.25, 0.3) is 5.91 Å². The van der Waals surface area contributed by atoms with Crippen LogP contribution < -0.4 is 4.74 Å². The molecule has 30 heavy (non-hydrogen) atoms. The number of halogens is 2. The van der Waals surface area contributed by atoms with Crippen molar-refractivity contribution in [3.63, 3.8) is 0 Å². The maximum Gasteiger partial charge on any atom is 0.253 e. The zero-order chi connectivity index (χ0) is 21.1. The summed E-state index contributed by atoms with van der Waals surface area (Å²) in [6.07, 6.45) is 4.44. The van der Waals surface area contributed by atoms with Gasteiger partial charge in [0.05, 0.1) is 11.1 Å². The van der Waals surface area contributed by atoms with E-state index in [4.69, 9.17) is 16.3 Å². The fourth-order valence-corrected chi connectivity index (χ4v) is 4.56. The van der Waals surface area contributed by atoms with Crippen molar-refractivity contribution in [3.8, 4) is 5.75 Å². The lowest BCUT2D eigenvalue weighted by atomic mass is 9.82. The van der Waals surface area contributed by atoms with Gasteiger partial charge in [-0.05, 0) is 80.6 Å². The molecule has 0 bridgehead atoms. The molecule has 0 aromatic heterocycles. The smallest absolute Gasteiger partial charge is 0.253 e. The molecule has 1 saturated heterocycles. The van der Waals surface area contributed by atoms with Crippen LogP contribution in [-0.2, 0) is 6.54 Å². The van der Waals surface area contributed by atoms with Crippen LogP contribution in [0.4, 0.5) is 4.39 Å². The van der Waals surface area contributed by atoms with Gasteiger partial charge in [0.1, 0.15) is 11.6 Å². The Labute approximate surface area is 182 Å². The molecule has 0 N–H and O–H groups in total. The first-order chi connectivity index (χ1) is 14.5. The summed E-state index contributed by atoms with van der Waals surface area (Å²) in [5, 5.41) is 0.719. The molecule has 6 heteroatoms. The van der Waals surface area contributed by atoms with Crippen molar-refractivity contribution in [1.82, 2.24) is 9.80 Å². The van der Waals surface area contributed by atoms with Crippen molar-refractivity contribution in [3.05, 3.63) is 64.4 Å². The molecular weight excluding hydrogens is 403 g/mol. The Kier molecular flexibility index (Phi) is 6.59. The number of hydrogen-bond donors (Lipinski definition) is 0. The molecule has 2 fully saturated rings. The van der Waals surface area contributed by atoms with Crippen molar-refractivity contribution >= 4 is 17.5 Å². The molecule has 1 amide bonds. The van der Waals surface area contributed by atoms with Crippen LogP contribution >= 0.6 is 11.6 Å². The largest absolute Gasteiger partial charge is 0.489 e. The van der Waals surface area contributed by atoms with Crippen molar-refractivity contribution in [2.75, 3.05) is 26.7 Å². The van der Waals surface area contributed by atoms with Gasteiger partial charge in [0, 0.05) is 25.7 Å². The molecule has 0 unspecified atom stereocenters. The fourth-order valence-electron chi connectivity index (χ4n) is 4.33. The van der Waals surface area contributed by atoms with Crippen LogP contribution in [0.1, 0.15) is 41.6 Å². The molecule has 160 valence electrons. The van der Waals surface area contributed by atoms with E-state index in [-0.39, 0.29) is 17.8 Å². The molecular formula is C24H28ClFN2O2. The minimum atomic E-state index is -0.337. The van der Waals surface area contributed by atoms with Crippen molar-refractivity contribution in [2.45, 2.75) is 38.3 Å². The van der Waals surface area contributed by atoms with Crippen LogP contribution in [-0.4, -0.2) is 48.5 Å². The number of nitrogens with zero attached hydrogens (tertiary/aromatic N) is 2. The number of hydrogen-bond acceptors (Lipinski definition) is 3. The van der Waals surface area contributed by atoms with Crippen LogP contribution in [0.15, 0.2) is 42.5 Å². The van der Waals surface area contributed by atoms with E-state index >= 15 is 0 Å². The molecule has 4 nitrogen and oxygen atoms in total. The fraction of sp³-hybridized carbons (Fsp3) is 0.458. The van der Waals surface area contributed by atoms with Crippen LogP contribution in [0, 0.1) is 11.7 Å². The van der Waals surface area contributed by atoms with Gasteiger partial charge in [-0.1, -0.05) is 23.7 Å². The summed E-state index contributed by atoms with van der Waals surface area (Å²) in [7, 11) is 1.79. The predicted octanol–water partition coefficient (Wildman–Crippen LogP) is 5.00. The number of benzene rings is 2. The van der Waals surface area contributed by atoms with E-state index in [1.54, 1.807) is 11.9 Å². The Morgan fingerprint density at radius 2 is 1.87 bits per heavy atom. The summed E-state index contributed by atoms with van der Waals surface area (Å²) in [4.78, 5) is 16.6. The summed E-state index contributed by atoms with van der Waals surface area (Å²) in [5.74, 6) is 0.733. The lowest BCUT2D eigenvalue weighted by Gasteiger charge is -2.37. The lowest BCUT2D eigenvalue weighted by molar-refractivity contribution is 0.0419. The molecule has 1 aliphatic carbocycles. The van der Waals surface area contributed by atoms with Crippen LogP contribution in [0.5, 0.6) is 5.75 Å². The summed E-state index contributed by atoms with van der Waals surface area (Å²) in [5.41, 5.74) is 1.63. The van der Waals surface area contributed by atoms with Gasteiger partial charge in [0.2, 0.25) is 0 Å². The van der Waals surface area contributed by atoms with Gasteiger partial charge in [0.15, 0.2) is 0 Å². The van der Waals surface area contributed by atoms with E-state index in [0.717, 1.165) is 48.8 Å². The number of likely N-dealkylation sites (tertiary alicyclic amines) is 1. The Bertz CT molecular complexity index is 877. The minimum absolute atomic E-state index is 0.0861. The second-order valence-corrected chi connectivity index (χ2v) is 8.86. The molecule has 1 heterocycles. The third-order valence-corrected chi connectivity index (χ3v) is 6.52. The van der Waals surface area contributed by atoms with Crippen molar-refractivity contribution < 1.29 is 13.9 Å².